The van der Waals surface area contributed by atoms with Gasteiger partial charge in [-0.05, 0) is 44.0 Å². The number of nitrogens with one attached hydrogen (secondary N) is 1. The van der Waals surface area contributed by atoms with E-state index in [0.29, 0.717) is 5.69 Å². The molecule has 116 valence electrons. The molecule has 5 heteroatoms. The van der Waals surface area contributed by atoms with Crippen molar-refractivity contribution in [3.8, 4) is 10.6 Å². The normalized spacial score (nSPS) is 10.6. The molecule has 3 rings (SSSR count). The van der Waals surface area contributed by atoms with E-state index in [2.05, 4.69) is 27.4 Å². The standard InChI is InChI=1S/C18H17N3OS/c1-11-8-12(2)16(13(3)9-11)21-17(22)15-10-23-18(20-15)14-4-6-19-7-5-14/h4-10H,1-3H3,(H,21,22). The Morgan fingerprint density at radius 1 is 1.09 bits per heavy atom. The maximum Gasteiger partial charge on any atom is 0.275 e. The van der Waals surface area contributed by atoms with Crippen molar-refractivity contribution in [3.63, 3.8) is 0 Å². The minimum Gasteiger partial charge on any atom is -0.320 e. The Morgan fingerprint density at radius 3 is 2.39 bits per heavy atom. The summed E-state index contributed by atoms with van der Waals surface area (Å²) in [6.07, 6.45) is 3.44. The van der Waals surface area contributed by atoms with Crippen LogP contribution >= 0.6 is 11.3 Å². The number of amides is 1. The monoisotopic (exact) mass is 323 g/mol. The van der Waals surface area contributed by atoms with Crippen LogP contribution in [0.15, 0.2) is 42.0 Å². The molecule has 0 aliphatic carbocycles. The molecule has 0 saturated heterocycles. The average Bonchev–Trinajstić information content (AvgIpc) is 3.01. The number of nitrogens with zero attached hydrogens (tertiary/aromatic N) is 2. The lowest BCUT2D eigenvalue weighted by Gasteiger charge is -2.11. The molecule has 2 aromatic heterocycles. The predicted molar refractivity (Wildman–Crippen MR) is 94.0 cm³/mol. The Bertz CT molecular complexity index is 833. The van der Waals surface area contributed by atoms with E-state index in [1.807, 2.05) is 32.9 Å². The second kappa shape index (κ2) is 6.30. The second-order valence-corrected chi connectivity index (χ2v) is 6.36. The Hall–Kier alpha value is -2.53. The van der Waals surface area contributed by atoms with Gasteiger partial charge in [-0.2, -0.15) is 0 Å². The first-order valence-electron chi connectivity index (χ1n) is 7.29. The van der Waals surface area contributed by atoms with Crippen molar-refractivity contribution in [1.29, 1.82) is 0 Å². The predicted octanol–water partition coefficient (Wildman–Crippen LogP) is 4.38. The van der Waals surface area contributed by atoms with Crippen molar-refractivity contribution in [2.24, 2.45) is 0 Å². The molecule has 2 heterocycles. The van der Waals surface area contributed by atoms with Gasteiger partial charge in [0.25, 0.3) is 5.91 Å². The van der Waals surface area contributed by atoms with E-state index in [-0.39, 0.29) is 5.91 Å². The summed E-state index contributed by atoms with van der Waals surface area (Å²) in [6, 6.07) is 7.89. The number of aryl methyl sites for hydroxylation is 3. The molecule has 0 unspecified atom stereocenters. The highest BCUT2D eigenvalue weighted by Gasteiger charge is 2.14. The van der Waals surface area contributed by atoms with Gasteiger partial charge >= 0.3 is 0 Å². The van der Waals surface area contributed by atoms with Gasteiger partial charge in [-0.15, -0.1) is 11.3 Å². The molecule has 0 aliphatic rings. The number of carbonyl (C=O) groups excluding carboxylic acids is 1. The van der Waals surface area contributed by atoms with Crippen LogP contribution in [-0.2, 0) is 0 Å². The SMILES string of the molecule is Cc1cc(C)c(NC(=O)c2csc(-c3ccncc3)n2)c(C)c1. The number of hydrogen-bond acceptors (Lipinski definition) is 4. The highest BCUT2D eigenvalue weighted by Crippen LogP contribution is 2.25. The van der Waals surface area contributed by atoms with E-state index >= 15 is 0 Å². The lowest BCUT2D eigenvalue weighted by Crippen LogP contribution is -2.14. The quantitative estimate of drug-likeness (QED) is 0.778. The summed E-state index contributed by atoms with van der Waals surface area (Å²) in [5, 5.41) is 5.58. The van der Waals surface area contributed by atoms with Gasteiger partial charge in [-0.3, -0.25) is 9.78 Å². The minimum atomic E-state index is -0.184. The number of carbonyl (C=O) groups is 1. The zero-order chi connectivity index (χ0) is 16.4. The summed E-state index contributed by atoms with van der Waals surface area (Å²) in [4.78, 5) is 20.9. The third-order valence-electron chi connectivity index (χ3n) is 3.58. The molecule has 23 heavy (non-hydrogen) atoms. The molecule has 1 amide bonds. The zero-order valence-corrected chi connectivity index (χ0v) is 14.1. The van der Waals surface area contributed by atoms with E-state index in [1.54, 1.807) is 17.8 Å². The zero-order valence-electron chi connectivity index (χ0n) is 13.3. The highest BCUT2D eigenvalue weighted by atomic mass is 32.1. The van der Waals surface area contributed by atoms with Gasteiger partial charge in [0.2, 0.25) is 0 Å². The first kappa shape index (κ1) is 15.4. The van der Waals surface area contributed by atoms with Crippen molar-refractivity contribution >= 4 is 22.9 Å². The second-order valence-electron chi connectivity index (χ2n) is 5.50. The lowest BCUT2D eigenvalue weighted by molar-refractivity contribution is 0.102. The Balaban J connectivity index is 1.84. The molecule has 3 aromatic rings. The van der Waals surface area contributed by atoms with Crippen LogP contribution in [0.4, 0.5) is 5.69 Å². The van der Waals surface area contributed by atoms with E-state index in [0.717, 1.165) is 27.4 Å². The molecule has 4 nitrogen and oxygen atoms in total. The van der Waals surface area contributed by atoms with Crippen molar-refractivity contribution in [2.75, 3.05) is 5.32 Å². The number of hydrogen-bond donors (Lipinski definition) is 1. The lowest BCUT2D eigenvalue weighted by atomic mass is 10.1. The Morgan fingerprint density at radius 2 is 1.74 bits per heavy atom. The third-order valence-corrected chi connectivity index (χ3v) is 4.47. The summed E-state index contributed by atoms with van der Waals surface area (Å²) in [7, 11) is 0. The van der Waals surface area contributed by atoms with Gasteiger partial charge in [0, 0.05) is 29.0 Å². The topological polar surface area (TPSA) is 54.9 Å². The average molecular weight is 323 g/mol. The molecule has 0 radical (unpaired) electrons. The number of anilines is 1. The van der Waals surface area contributed by atoms with Gasteiger partial charge in [-0.25, -0.2) is 4.98 Å². The van der Waals surface area contributed by atoms with E-state index in [9.17, 15) is 4.79 Å². The first-order valence-corrected chi connectivity index (χ1v) is 8.17. The van der Waals surface area contributed by atoms with E-state index in [1.165, 1.54) is 16.9 Å². The number of thiazole rings is 1. The summed E-state index contributed by atoms with van der Waals surface area (Å²) in [5.41, 5.74) is 5.56. The van der Waals surface area contributed by atoms with Gasteiger partial charge in [-0.1, -0.05) is 17.7 Å². The van der Waals surface area contributed by atoms with Crippen LogP contribution in [0, 0.1) is 20.8 Å². The maximum absolute atomic E-state index is 12.5. The van der Waals surface area contributed by atoms with Crippen LogP contribution in [0.2, 0.25) is 0 Å². The number of pyridine rings is 1. The number of rotatable bonds is 3. The fourth-order valence-electron chi connectivity index (χ4n) is 2.56. The van der Waals surface area contributed by atoms with Crippen molar-refractivity contribution in [2.45, 2.75) is 20.8 Å². The van der Waals surface area contributed by atoms with Crippen LogP contribution in [0.3, 0.4) is 0 Å². The molecule has 0 saturated carbocycles. The molecule has 0 fully saturated rings. The number of aromatic nitrogens is 2. The molecule has 1 aromatic carbocycles. The van der Waals surface area contributed by atoms with Crippen LogP contribution in [0.25, 0.3) is 10.6 Å². The van der Waals surface area contributed by atoms with E-state index < -0.39 is 0 Å². The summed E-state index contributed by atoms with van der Waals surface area (Å²) < 4.78 is 0. The fraction of sp³-hybridized carbons (Fsp3) is 0.167. The van der Waals surface area contributed by atoms with Crippen LogP contribution in [-0.4, -0.2) is 15.9 Å². The molecule has 0 bridgehead atoms. The van der Waals surface area contributed by atoms with Crippen molar-refractivity contribution in [3.05, 3.63) is 64.4 Å². The third kappa shape index (κ3) is 3.29. The molecule has 0 atom stereocenters. The van der Waals surface area contributed by atoms with Crippen molar-refractivity contribution < 1.29 is 4.79 Å². The molecule has 0 spiro atoms. The van der Waals surface area contributed by atoms with Crippen LogP contribution in [0.5, 0.6) is 0 Å². The van der Waals surface area contributed by atoms with Gasteiger partial charge < -0.3 is 5.32 Å². The van der Waals surface area contributed by atoms with Gasteiger partial charge in [0.15, 0.2) is 0 Å². The van der Waals surface area contributed by atoms with Gasteiger partial charge in [0.1, 0.15) is 10.7 Å². The summed E-state index contributed by atoms with van der Waals surface area (Å²) in [5.74, 6) is -0.184. The summed E-state index contributed by atoms with van der Waals surface area (Å²) in [6.45, 7) is 6.05. The molecular weight excluding hydrogens is 306 g/mol. The van der Waals surface area contributed by atoms with Gasteiger partial charge in [0.05, 0.1) is 0 Å². The minimum absolute atomic E-state index is 0.184. The first-order chi connectivity index (χ1) is 11.0. The summed E-state index contributed by atoms with van der Waals surface area (Å²) >= 11 is 1.45. The maximum atomic E-state index is 12.5. The van der Waals surface area contributed by atoms with E-state index in [4.69, 9.17) is 0 Å². The van der Waals surface area contributed by atoms with Crippen LogP contribution < -0.4 is 5.32 Å². The molecule has 1 N–H and O–H groups in total. The van der Waals surface area contributed by atoms with Crippen LogP contribution in [0.1, 0.15) is 27.2 Å². The Kier molecular flexibility index (Phi) is 4.21. The fourth-order valence-corrected chi connectivity index (χ4v) is 3.37. The largest absolute Gasteiger partial charge is 0.320 e. The smallest absolute Gasteiger partial charge is 0.275 e. The molecular formula is C18H17N3OS. The highest BCUT2D eigenvalue weighted by molar-refractivity contribution is 7.13. The Labute approximate surface area is 139 Å². The molecule has 0 aliphatic heterocycles. The number of benzene rings is 1. The van der Waals surface area contributed by atoms with Crippen molar-refractivity contribution in [1.82, 2.24) is 9.97 Å².